The molecule has 0 radical (unpaired) electrons. The maximum absolute atomic E-state index is 9.12. The van der Waals surface area contributed by atoms with Crippen molar-refractivity contribution in [3.05, 3.63) is 418 Å². The van der Waals surface area contributed by atoms with Crippen LogP contribution in [0, 0.1) is 11.3 Å². The summed E-state index contributed by atoms with van der Waals surface area (Å²) in [6.07, 6.45) is 0. The highest BCUT2D eigenvalue weighted by Gasteiger charge is 2.32. The van der Waals surface area contributed by atoms with Crippen LogP contribution in [-0.2, 0) is 0 Å². The summed E-state index contributed by atoms with van der Waals surface area (Å²) in [6, 6.07) is 143. The van der Waals surface area contributed by atoms with Crippen LogP contribution in [0.25, 0.3) is 163 Å². The highest BCUT2D eigenvalue weighted by molar-refractivity contribution is 6.09. The fourth-order valence-corrected chi connectivity index (χ4v) is 16.3. The van der Waals surface area contributed by atoms with E-state index in [-0.39, 0.29) is 0 Å². The average Bonchev–Trinajstić information content (AvgIpc) is 1.59. The number of hydrogen-bond acceptors (Lipinski definition) is 11. The van der Waals surface area contributed by atoms with E-state index in [1.807, 2.05) is 158 Å². The third-order valence-corrected chi connectivity index (χ3v) is 21.8. The van der Waals surface area contributed by atoms with Gasteiger partial charge in [0.25, 0.3) is 0 Å². The molecule has 14 heteroatoms. The molecule has 0 bridgehead atoms. The second kappa shape index (κ2) is 30.4. The van der Waals surface area contributed by atoms with Gasteiger partial charge in [-0.05, 0) is 120 Å². The molecule has 16 aromatic carbocycles. The number of rotatable bonds is 10. The fraction of sp³-hybridized carbons (Fsp3) is 0. The number of nitriles is 1. The van der Waals surface area contributed by atoms with E-state index < -0.39 is 0 Å². The molecule has 558 valence electrons. The Morgan fingerprint density at radius 3 is 0.916 bits per heavy atom. The summed E-state index contributed by atoms with van der Waals surface area (Å²) in [6.45, 7) is 0. The van der Waals surface area contributed by atoms with Crippen LogP contribution >= 0.6 is 0 Å². The van der Waals surface area contributed by atoms with Gasteiger partial charge in [0.1, 0.15) is 0 Å². The van der Waals surface area contributed by atoms with E-state index in [2.05, 4.69) is 284 Å². The molecule has 5 aromatic heterocycles. The van der Waals surface area contributed by atoms with Gasteiger partial charge >= 0.3 is 0 Å². The minimum atomic E-state index is 0.606. The van der Waals surface area contributed by atoms with Crippen LogP contribution in [0.1, 0.15) is 5.56 Å². The zero-order valence-corrected chi connectivity index (χ0v) is 64.0. The molecule has 7 heterocycles. The Kier molecular flexibility index (Phi) is 17.9. The van der Waals surface area contributed by atoms with Crippen LogP contribution in [0.3, 0.4) is 0 Å². The largest absolute Gasteiger partial charge is 0.309 e. The van der Waals surface area contributed by atoms with Crippen LogP contribution < -0.4 is 9.80 Å². The second-order valence-corrected chi connectivity index (χ2v) is 29.0. The van der Waals surface area contributed by atoms with Crippen molar-refractivity contribution < 1.29 is 0 Å². The van der Waals surface area contributed by atoms with Gasteiger partial charge in [-0.15, -0.1) is 0 Å². The van der Waals surface area contributed by atoms with Crippen LogP contribution in [0.2, 0.25) is 0 Å². The molecular weight excluding hydrogens is 1460 g/mol. The highest BCUT2D eigenvalue weighted by atomic mass is 15.3. The van der Waals surface area contributed by atoms with Crippen molar-refractivity contribution in [1.82, 2.24) is 53.6 Å². The molecule has 0 unspecified atom stereocenters. The van der Waals surface area contributed by atoms with E-state index in [0.29, 0.717) is 40.5 Å². The number of imidazole rings is 2. The van der Waals surface area contributed by atoms with Crippen molar-refractivity contribution in [2.45, 2.75) is 0 Å². The predicted octanol–water partition coefficient (Wildman–Crippen LogP) is 25.6. The lowest BCUT2D eigenvalue weighted by Crippen LogP contribution is -2.14. The Bertz CT molecular complexity index is 7270. The van der Waals surface area contributed by atoms with Crippen molar-refractivity contribution in [3.8, 4) is 125 Å². The smallest absolute Gasteiger partial charge is 0.220 e. The topological polar surface area (TPSA) is 148 Å². The van der Waals surface area contributed by atoms with Crippen LogP contribution in [0.15, 0.2) is 413 Å². The van der Waals surface area contributed by atoms with Gasteiger partial charge in [-0.25, -0.2) is 39.9 Å². The first-order valence-corrected chi connectivity index (χ1v) is 39.5. The summed E-state index contributed by atoms with van der Waals surface area (Å²) in [5.41, 5.74) is 26.9. The molecule has 23 rings (SSSR count). The molecule has 0 fully saturated rings. The van der Waals surface area contributed by atoms with Gasteiger partial charge in [0.2, 0.25) is 11.9 Å². The van der Waals surface area contributed by atoms with Crippen molar-refractivity contribution in [3.63, 3.8) is 0 Å². The molecule has 2 aliphatic heterocycles. The molecule has 119 heavy (non-hydrogen) atoms. The molecule has 0 N–H and O–H groups in total. The maximum Gasteiger partial charge on any atom is 0.220 e. The molecule has 2 aliphatic rings. The zero-order chi connectivity index (χ0) is 79.1. The van der Waals surface area contributed by atoms with Gasteiger partial charge in [0.15, 0.2) is 34.9 Å². The minimum absolute atomic E-state index is 0.606. The summed E-state index contributed by atoms with van der Waals surface area (Å²) in [4.78, 5) is 44.4. The summed E-state index contributed by atoms with van der Waals surface area (Å²) in [5.74, 6) is 5.52. The highest BCUT2D eigenvalue weighted by Crippen LogP contribution is 2.50. The second-order valence-electron chi connectivity index (χ2n) is 29.0. The number of para-hydroxylation sites is 10. The summed E-state index contributed by atoms with van der Waals surface area (Å²) in [5, 5.41) is 11.6. The quantitative estimate of drug-likeness (QED) is 0.129. The first kappa shape index (κ1) is 70.2. The third-order valence-electron chi connectivity index (χ3n) is 21.8. The van der Waals surface area contributed by atoms with Gasteiger partial charge in [-0.3, -0.25) is 18.9 Å². The summed E-state index contributed by atoms with van der Waals surface area (Å²) in [7, 11) is 0. The van der Waals surface area contributed by atoms with E-state index >= 15 is 0 Å². The van der Waals surface area contributed by atoms with Gasteiger partial charge < -0.3 is 4.57 Å². The van der Waals surface area contributed by atoms with Gasteiger partial charge in [-0.2, -0.15) is 5.26 Å². The van der Waals surface area contributed by atoms with Crippen LogP contribution in [0.5, 0.6) is 0 Å². The number of benzene rings is 16. The maximum atomic E-state index is 9.12. The van der Waals surface area contributed by atoms with E-state index in [1.54, 1.807) is 0 Å². The van der Waals surface area contributed by atoms with Gasteiger partial charge in [0, 0.05) is 83.5 Å². The molecule has 0 aliphatic carbocycles. The Morgan fingerprint density at radius 2 is 0.504 bits per heavy atom. The van der Waals surface area contributed by atoms with Crippen molar-refractivity contribution >= 4 is 78.5 Å². The first-order chi connectivity index (χ1) is 59.0. The Balaban J connectivity index is 0.000000112. The minimum Gasteiger partial charge on any atom is -0.309 e. The lowest BCUT2D eigenvalue weighted by atomic mass is 10.0. The molecule has 0 spiro atoms. The Morgan fingerprint density at radius 1 is 0.202 bits per heavy atom. The number of nitrogens with zero attached hydrogens (tertiary/aromatic N) is 14. The monoisotopic (exact) mass is 1520 g/mol. The first-order valence-electron chi connectivity index (χ1n) is 39.5. The van der Waals surface area contributed by atoms with Crippen molar-refractivity contribution in [2.24, 2.45) is 0 Å². The molecule has 0 atom stereocenters. The third kappa shape index (κ3) is 13.0. The molecule has 0 amide bonds. The molecule has 14 nitrogen and oxygen atoms in total. The molecule has 0 saturated carbocycles. The molecule has 0 saturated heterocycles. The van der Waals surface area contributed by atoms with Crippen LogP contribution in [0.4, 0.5) is 34.6 Å². The fourth-order valence-electron chi connectivity index (χ4n) is 16.3. The van der Waals surface area contributed by atoms with E-state index in [9.17, 15) is 0 Å². The molecular formula is C105H68N14. The van der Waals surface area contributed by atoms with E-state index in [0.717, 1.165) is 129 Å². The van der Waals surface area contributed by atoms with E-state index in [4.69, 9.17) is 45.1 Å². The lowest BCUT2D eigenvalue weighted by Gasteiger charge is -2.25. The number of fused-ring (bicyclic) bond motifs is 17. The standard InChI is InChI=1S/C40H26N6.C33H22N4.C32H20N4/c1-3-14-27(15-4-1)37-42-38(28-16-5-2-6-17-28)44-39(43-37)29-18-13-19-30(26-29)45-34-23-10-7-20-31(34)32-21-8-11-24-35(32)46-36-25-12-9-22-33(36)41-40(45)46;1-3-12-23(13-4-1)31-34-32(24-14-5-2-6-15-24)36-33(35-31)25-16-11-17-26(22-25)37-29-20-9-7-18-27(29)28-19-8-10-21-30(28)37;33-21-22-13-15-23(16-14-22)24-17-19-25(20-18-24)35-29-10-4-1-7-26(29)27-8-2-5-11-30(27)36-31-12-6-3-9-28(31)34-32(35)36/h1-26H;1-22H;1-20H. The zero-order valence-electron chi connectivity index (χ0n) is 64.0. The predicted molar refractivity (Wildman–Crippen MR) is 480 cm³/mol. The number of hydrogen-bond donors (Lipinski definition) is 0. The lowest BCUT2D eigenvalue weighted by molar-refractivity contribution is 1.05. The summed E-state index contributed by atoms with van der Waals surface area (Å²) < 4.78 is 6.84. The van der Waals surface area contributed by atoms with Crippen molar-refractivity contribution in [2.75, 3.05) is 9.80 Å². The Hall–Kier alpha value is -16.6. The number of anilines is 6. The van der Waals surface area contributed by atoms with E-state index in [1.165, 1.54) is 32.9 Å². The Labute approximate surface area is 685 Å². The van der Waals surface area contributed by atoms with Gasteiger partial charge in [0.05, 0.1) is 67.5 Å². The average molecular weight is 1530 g/mol. The number of aromatic nitrogens is 11. The SMILES string of the molecule is N#Cc1ccc(-c2ccc(N3c4ccccc4-c4ccccc4-n4c3nc3ccccc34)cc2)cc1.c1ccc(-c2nc(-c3ccccc3)nc(-c3cccc(-n4c5ccccc5c5ccccc54)c3)n2)cc1.c1ccc(-c2nc(-c3ccccc3)nc(-c3cccc(N4c5ccccc5-c5ccccc5-n5c4nc4ccccc45)c3)n2)cc1. The normalized spacial score (nSPS) is 11.7. The van der Waals surface area contributed by atoms with Gasteiger partial charge in [-0.1, -0.05) is 303 Å². The van der Waals surface area contributed by atoms with Crippen molar-refractivity contribution in [1.29, 1.82) is 5.26 Å². The molecule has 21 aromatic rings. The summed E-state index contributed by atoms with van der Waals surface area (Å²) >= 11 is 0. The van der Waals surface area contributed by atoms with Crippen LogP contribution in [-0.4, -0.2) is 53.6 Å².